The molecule has 3 fully saturated rings. The van der Waals surface area contributed by atoms with Crippen LogP contribution in [0.5, 0.6) is 0 Å². The van der Waals surface area contributed by atoms with Gasteiger partial charge in [-0.15, -0.1) is 0 Å². The van der Waals surface area contributed by atoms with Gasteiger partial charge in [0.05, 0.1) is 25.7 Å². The van der Waals surface area contributed by atoms with Crippen molar-refractivity contribution in [3.8, 4) is 11.1 Å². The van der Waals surface area contributed by atoms with Crippen molar-refractivity contribution in [1.82, 2.24) is 20.8 Å². The Morgan fingerprint density at radius 1 is 1.08 bits per heavy atom. The molecule has 1 aromatic heterocycles. The highest BCUT2D eigenvalue weighted by Crippen LogP contribution is 2.48. The molecule has 196 valence electrons. The van der Waals surface area contributed by atoms with Crippen molar-refractivity contribution < 1.29 is 19.1 Å². The van der Waals surface area contributed by atoms with E-state index in [4.69, 9.17) is 21.7 Å². The summed E-state index contributed by atoms with van der Waals surface area (Å²) in [5.74, 6) is 1.01. The zero-order valence-electron chi connectivity index (χ0n) is 21.0. The smallest absolute Gasteiger partial charge is 0.308 e. The van der Waals surface area contributed by atoms with E-state index in [0.717, 1.165) is 56.1 Å². The molecule has 1 saturated heterocycles. The lowest BCUT2D eigenvalue weighted by atomic mass is 9.67. The Balaban J connectivity index is 1.16. The molecule has 2 bridgehead atoms. The average Bonchev–Trinajstić information content (AvgIpc) is 2.87. The number of hydrazine groups is 1. The number of benzene rings is 1. The number of ether oxygens (including phenoxy) is 2. The first-order chi connectivity index (χ1) is 17.9. The number of amides is 1. The van der Waals surface area contributed by atoms with E-state index in [1.807, 2.05) is 0 Å². The number of anilines is 1. The van der Waals surface area contributed by atoms with Crippen LogP contribution in [0.25, 0.3) is 11.1 Å². The Morgan fingerprint density at radius 2 is 1.84 bits per heavy atom. The minimum Gasteiger partial charge on any atom is -0.469 e. The van der Waals surface area contributed by atoms with Crippen LogP contribution in [0.2, 0.25) is 0 Å². The summed E-state index contributed by atoms with van der Waals surface area (Å²) in [5.41, 5.74) is 8.12. The van der Waals surface area contributed by atoms with Crippen LogP contribution in [0.3, 0.4) is 0 Å². The average molecular weight is 524 g/mol. The van der Waals surface area contributed by atoms with Crippen molar-refractivity contribution in [1.29, 1.82) is 0 Å². The maximum absolute atomic E-state index is 11.9. The van der Waals surface area contributed by atoms with Crippen LogP contribution in [0, 0.1) is 11.8 Å². The van der Waals surface area contributed by atoms with Gasteiger partial charge < -0.3 is 9.47 Å². The number of rotatable bonds is 6. The lowest BCUT2D eigenvalue weighted by Gasteiger charge is -2.48. The molecule has 2 heterocycles. The van der Waals surface area contributed by atoms with Crippen LogP contribution in [-0.4, -0.2) is 46.3 Å². The van der Waals surface area contributed by atoms with E-state index in [1.54, 1.807) is 12.4 Å². The standard InChI is InChI=1S/C27H33N5O4S/c1-35-23(33)13-27-11-3-6-20(12-27)22(16-36-27)18-9-7-17(8-10-18)21-14-28-25(29-15-21)30-26(37)32-31-24(34)19-4-2-5-19/h7-10,14-15,19-20,22H,2-6,11-13,16H2,1H3,(H,31,34)(H2,28,29,30,32,37). The predicted octanol–water partition coefficient (Wildman–Crippen LogP) is 3.87. The van der Waals surface area contributed by atoms with Crippen molar-refractivity contribution in [2.45, 2.75) is 62.9 Å². The normalized spacial score (nSPS) is 24.9. The van der Waals surface area contributed by atoms with Gasteiger partial charge >= 0.3 is 5.97 Å². The molecule has 9 nitrogen and oxygen atoms in total. The molecule has 3 unspecified atom stereocenters. The number of esters is 1. The largest absolute Gasteiger partial charge is 0.469 e. The number of hydrogen-bond donors (Lipinski definition) is 3. The molecular weight excluding hydrogens is 490 g/mol. The fourth-order valence-electron chi connectivity index (χ4n) is 5.65. The first-order valence-corrected chi connectivity index (χ1v) is 13.4. The summed E-state index contributed by atoms with van der Waals surface area (Å²) in [6, 6.07) is 8.48. The Labute approximate surface area is 222 Å². The molecule has 5 rings (SSSR count). The van der Waals surface area contributed by atoms with Crippen molar-refractivity contribution in [3.63, 3.8) is 0 Å². The van der Waals surface area contributed by atoms with E-state index in [9.17, 15) is 9.59 Å². The molecule has 3 N–H and O–H groups in total. The van der Waals surface area contributed by atoms with Gasteiger partial charge in [0, 0.05) is 29.8 Å². The molecule has 1 aliphatic heterocycles. The molecule has 1 aromatic carbocycles. The fourth-order valence-corrected chi connectivity index (χ4v) is 5.79. The van der Waals surface area contributed by atoms with Gasteiger partial charge in [-0.2, -0.15) is 0 Å². The third kappa shape index (κ3) is 5.91. The second kappa shape index (κ2) is 11.1. The predicted molar refractivity (Wildman–Crippen MR) is 142 cm³/mol. The summed E-state index contributed by atoms with van der Waals surface area (Å²) in [6.45, 7) is 0.625. The lowest BCUT2D eigenvalue weighted by molar-refractivity contribution is -0.165. The number of aromatic nitrogens is 2. The van der Waals surface area contributed by atoms with Gasteiger partial charge in [-0.1, -0.05) is 37.1 Å². The van der Waals surface area contributed by atoms with Gasteiger partial charge in [0.2, 0.25) is 11.9 Å². The van der Waals surface area contributed by atoms with Crippen LogP contribution < -0.4 is 16.2 Å². The van der Waals surface area contributed by atoms with Crippen molar-refractivity contribution in [3.05, 3.63) is 42.2 Å². The molecule has 0 radical (unpaired) electrons. The number of nitrogens with one attached hydrogen (secondary N) is 3. The van der Waals surface area contributed by atoms with Gasteiger partial charge in [0.25, 0.3) is 0 Å². The molecule has 2 aromatic rings. The number of fused-ring (bicyclic) bond motifs is 2. The van der Waals surface area contributed by atoms with E-state index >= 15 is 0 Å². The Kier molecular flexibility index (Phi) is 7.66. The van der Waals surface area contributed by atoms with Gasteiger partial charge in [0.15, 0.2) is 5.11 Å². The van der Waals surface area contributed by atoms with E-state index in [0.29, 0.717) is 30.8 Å². The number of carbonyl (C=O) groups is 2. The second-order valence-electron chi connectivity index (χ2n) is 10.3. The third-order valence-corrected chi connectivity index (χ3v) is 8.20. The molecule has 37 heavy (non-hydrogen) atoms. The Bertz CT molecular complexity index is 1140. The molecule has 3 atom stereocenters. The summed E-state index contributed by atoms with van der Waals surface area (Å²) in [6.07, 6.45) is 10.8. The van der Waals surface area contributed by atoms with Crippen LogP contribution in [0.4, 0.5) is 5.95 Å². The Morgan fingerprint density at radius 3 is 2.51 bits per heavy atom. The summed E-state index contributed by atoms with van der Waals surface area (Å²) >= 11 is 5.21. The molecule has 1 amide bonds. The van der Waals surface area contributed by atoms with Crippen LogP contribution in [0.1, 0.15) is 62.8 Å². The maximum Gasteiger partial charge on any atom is 0.308 e. The zero-order valence-corrected chi connectivity index (χ0v) is 21.8. The fraction of sp³-hybridized carbons (Fsp3) is 0.519. The highest BCUT2D eigenvalue weighted by molar-refractivity contribution is 7.80. The zero-order chi connectivity index (χ0) is 25.8. The van der Waals surface area contributed by atoms with Crippen LogP contribution >= 0.6 is 12.2 Å². The minimum absolute atomic E-state index is 0.0427. The number of nitrogens with zero attached hydrogens (tertiary/aromatic N) is 2. The lowest BCUT2D eigenvalue weighted by Crippen LogP contribution is -2.47. The third-order valence-electron chi connectivity index (χ3n) is 8.00. The monoisotopic (exact) mass is 523 g/mol. The first-order valence-electron chi connectivity index (χ1n) is 12.9. The molecule has 0 spiro atoms. The highest BCUT2D eigenvalue weighted by atomic mass is 32.1. The summed E-state index contributed by atoms with van der Waals surface area (Å²) in [7, 11) is 1.44. The maximum atomic E-state index is 11.9. The minimum atomic E-state index is -0.362. The molecule has 3 aliphatic rings. The van der Waals surface area contributed by atoms with Gasteiger partial charge in [-0.05, 0) is 61.4 Å². The molecular formula is C27H33N5O4S. The molecule has 2 aliphatic carbocycles. The number of thiocarbonyl (C=S) groups is 1. The summed E-state index contributed by atoms with van der Waals surface area (Å²) in [5, 5.41) is 3.12. The second-order valence-corrected chi connectivity index (χ2v) is 10.7. The number of hydrogen-bond acceptors (Lipinski definition) is 7. The molecule has 2 saturated carbocycles. The highest BCUT2D eigenvalue weighted by Gasteiger charge is 2.46. The first kappa shape index (κ1) is 25.5. The van der Waals surface area contributed by atoms with Gasteiger partial charge in [0.1, 0.15) is 0 Å². The van der Waals surface area contributed by atoms with Crippen molar-refractivity contribution in [2.24, 2.45) is 11.8 Å². The van der Waals surface area contributed by atoms with Crippen LogP contribution in [-0.2, 0) is 19.1 Å². The number of methoxy groups -OCH3 is 1. The van der Waals surface area contributed by atoms with Gasteiger partial charge in [-0.25, -0.2) is 9.97 Å². The van der Waals surface area contributed by atoms with E-state index < -0.39 is 0 Å². The van der Waals surface area contributed by atoms with Crippen molar-refractivity contribution in [2.75, 3.05) is 19.0 Å². The van der Waals surface area contributed by atoms with E-state index in [-0.39, 0.29) is 28.5 Å². The van der Waals surface area contributed by atoms with E-state index in [1.165, 1.54) is 12.7 Å². The van der Waals surface area contributed by atoms with Crippen molar-refractivity contribution >= 4 is 35.2 Å². The van der Waals surface area contributed by atoms with Crippen LogP contribution in [0.15, 0.2) is 36.7 Å². The SMILES string of the molecule is COC(=O)CC12CCCC(C1)C(c1ccc(-c3cnc(NC(=S)NNC(=O)C4CCC4)nc3)cc1)CO2. The number of carbonyl (C=O) groups excluding carboxylic acids is 2. The quantitative estimate of drug-likeness (QED) is 0.295. The summed E-state index contributed by atoms with van der Waals surface area (Å²) < 4.78 is 11.2. The summed E-state index contributed by atoms with van der Waals surface area (Å²) in [4.78, 5) is 32.5. The van der Waals surface area contributed by atoms with Gasteiger partial charge in [-0.3, -0.25) is 25.8 Å². The molecule has 10 heteroatoms. The topological polar surface area (TPSA) is 114 Å². The van der Waals surface area contributed by atoms with E-state index in [2.05, 4.69) is 50.4 Å². The Hall–Kier alpha value is -3.11.